The molecule has 0 unspecified atom stereocenters. The Morgan fingerprint density at radius 2 is 1.44 bits per heavy atom. The number of esters is 1. The minimum atomic E-state index is -0.647. The SMILES string of the molecule is COC(=O)/C(=C(/Cc1ccc(OC)c(OC)c1)C(=O)c1ccc(OC)cc1)c1ccc2c(c1)OCO2. The standard InChI is InChI=1S/C28H26O8/c1-31-20-9-6-18(7-10-20)27(29)21(13-17-5-11-22(32-2)24(14-17)33-3)26(28(30)34-4)19-8-12-23-25(15-19)36-16-35-23/h5-12,14-15H,13,16H2,1-4H3/b26-21-. The number of Topliss-reactive ketones (excluding diaryl/α,β-unsaturated/α-hetero) is 1. The summed E-state index contributed by atoms with van der Waals surface area (Å²) < 4.78 is 32.0. The third-order valence-corrected chi connectivity index (χ3v) is 5.81. The lowest BCUT2D eigenvalue weighted by Crippen LogP contribution is -2.15. The van der Waals surface area contributed by atoms with Crippen molar-refractivity contribution in [1.29, 1.82) is 0 Å². The average Bonchev–Trinajstić information content (AvgIpc) is 3.40. The molecular weight excluding hydrogens is 464 g/mol. The predicted molar refractivity (Wildman–Crippen MR) is 132 cm³/mol. The van der Waals surface area contributed by atoms with E-state index in [1.165, 1.54) is 14.2 Å². The van der Waals surface area contributed by atoms with Crippen LogP contribution in [0.4, 0.5) is 0 Å². The normalized spacial score (nSPS) is 12.4. The lowest BCUT2D eigenvalue weighted by Gasteiger charge is -2.16. The van der Waals surface area contributed by atoms with E-state index in [0.717, 1.165) is 5.56 Å². The number of methoxy groups -OCH3 is 4. The van der Waals surface area contributed by atoms with Gasteiger partial charge in [-0.25, -0.2) is 4.79 Å². The highest BCUT2D eigenvalue weighted by molar-refractivity contribution is 6.27. The largest absolute Gasteiger partial charge is 0.497 e. The monoisotopic (exact) mass is 490 g/mol. The predicted octanol–water partition coefficient (Wildman–Crippen LogP) is 4.49. The van der Waals surface area contributed by atoms with Gasteiger partial charge in [0.2, 0.25) is 6.79 Å². The number of ether oxygens (including phenoxy) is 6. The van der Waals surface area contributed by atoms with Gasteiger partial charge in [0.1, 0.15) is 5.75 Å². The minimum absolute atomic E-state index is 0.0827. The second kappa shape index (κ2) is 10.9. The first kappa shape index (κ1) is 24.7. The molecule has 8 nitrogen and oxygen atoms in total. The molecule has 0 amide bonds. The number of hydrogen-bond donors (Lipinski definition) is 0. The van der Waals surface area contributed by atoms with Crippen LogP contribution in [-0.4, -0.2) is 47.0 Å². The van der Waals surface area contributed by atoms with E-state index >= 15 is 0 Å². The molecule has 4 rings (SSSR count). The highest BCUT2D eigenvalue weighted by Crippen LogP contribution is 2.37. The highest BCUT2D eigenvalue weighted by Gasteiger charge is 2.27. The van der Waals surface area contributed by atoms with Crippen molar-refractivity contribution in [2.45, 2.75) is 6.42 Å². The van der Waals surface area contributed by atoms with Crippen molar-refractivity contribution in [3.63, 3.8) is 0 Å². The summed E-state index contributed by atoms with van der Waals surface area (Å²) in [5, 5.41) is 0. The van der Waals surface area contributed by atoms with Crippen LogP contribution in [0.3, 0.4) is 0 Å². The fraction of sp³-hybridized carbons (Fsp3) is 0.214. The van der Waals surface area contributed by atoms with Crippen molar-refractivity contribution >= 4 is 17.3 Å². The van der Waals surface area contributed by atoms with E-state index in [4.69, 9.17) is 28.4 Å². The first-order valence-electron chi connectivity index (χ1n) is 11.1. The van der Waals surface area contributed by atoms with Gasteiger partial charge >= 0.3 is 5.97 Å². The number of carbonyl (C=O) groups excluding carboxylic acids is 2. The summed E-state index contributed by atoms with van der Waals surface area (Å²) in [6.45, 7) is 0.0827. The molecule has 3 aromatic rings. The maximum atomic E-state index is 13.9. The number of rotatable bonds is 9. The Labute approximate surface area is 209 Å². The van der Waals surface area contributed by atoms with Crippen LogP contribution in [0.2, 0.25) is 0 Å². The molecule has 186 valence electrons. The Hall–Kier alpha value is -4.46. The molecular formula is C28H26O8. The second-order valence-electron chi connectivity index (χ2n) is 7.84. The van der Waals surface area contributed by atoms with Crippen LogP contribution >= 0.6 is 0 Å². The van der Waals surface area contributed by atoms with Crippen molar-refractivity contribution in [2.75, 3.05) is 35.2 Å². The fourth-order valence-corrected chi connectivity index (χ4v) is 3.96. The third kappa shape index (κ3) is 4.98. The van der Waals surface area contributed by atoms with Crippen molar-refractivity contribution in [1.82, 2.24) is 0 Å². The van der Waals surface area contributed by atoms with Crippen molar-refractivity contribution in [3.8, 4) is 28.7 Å². The zero-order valence-corrected chi connectivity index (χ0v) is 20.5. The van der Waals surface area contributed by atoms with Crippen LogP contribution < -0.4 is 23.7 Å². The van der Waals surface area contributed by atoms with Gasteiger partial charge in [0, 0.05) is 17.6 Å². The van der Waals surface area contributed by atoms with Crippen LogP contribution in [0.5, 0.6) is 28.7 Å². The molecule has 0 spiro atoms. The van der Waals surface area contributed by atoms with Gasteiger partial charge in [-0.15, -0.1) is 0 Å². The maximum absolute atomic E-state index is 13.9. The summed E-state index contributed by atoms with van der Waals surface area (Å²) in [4.78, 5) is 27.0. The van der Waals surface area contributed by atoms with Crippen molar-refractivity contribution in [2.24, 2.45) is 0 Å². The minimum Gasteiger partial charge on any atom is -0.497 e. The number of carbonyl (C=O) groups is 2. The van der Waals surface area contributed by atoms with E-state index < -0.39 is 5.97 Å². The van der Waals surface area contributed by atoms with Crippen LogP contribution in [0, 0.1) is 0 Å². The number of ketones is 1. The van der Waals surface area contributed by atoms with Crippen LogP contribution in [0.25, 0.3) is 5.57 Å². The molecule has 1 heterocycles. The Bertz CT molecular complexity index is 1310. The van der Waals surface area contributed by atoms with Crippen molar-refractivity contribution < 1.29 is 38.0 Å². The molecule has 1 aliphatic rings. The Kier molecular flexibility index (Phi) is 7.44. The average molecular weight is 491 g/mol. The number of fused-ring (bicyclic) bond motifs is 1. The molecule has 0 atom stereocenters. The highest BCUT2D eigenvalue weighted by atomic mass is 16.7. The summed E-state index contributed by atoms with van der Waals surface area (Å²) in [5.74, 6) is 1.74. The zero-order valence-electron chi connectivity index (χ0n) is 20.5. The summed E-state index contributed by atoms with van der Waals surface area (Å²) in [5.41, 5.74) is 1.99. The fourth-order valence-electron chi connectivity index (χ4n) is 3.96. The molecule has 0 saturated heterocycles. The Morgan fingerprint density at radius 1 is 0.750 bits per heavy atom. The van der Waals surface area contributed by atoms with Crippen molar-refractivity contribution in [3.05, 3.63) is 82.9 Å². The van der Waals surface area contributed by atoms with Gasteiger partial charge in [-0.1, -0.05) is 12.1 Å². The Morgan fingerprint density at radius 3 is 2.11 bits per heavy atom. The van der Waals surface area contributed by atoms with Crippen LogP contribution in [0.15, 0.2) is 66.2 Å². The summed E-state index contributed by atoms with van der Waals surface area (Å²) in [6.07, 6.45) is 0.129. The van der Waals surface area contributed by atoms with Gasteiger partial charge in [-0.05, 0) is 59.7 Å². The van der Waals surface area contributed by atoms with Gasteiger partial charge in [0.05, 0.1) is 34.0 Å². The maximum Gasteiger partial charge on any atom is 0.338 e. The molecule has 3 aromatic carbocycles. The lowest BCUT2D eigenvalue weighted by atomic mass is 9.89. The quantitative estimate of drug-likeness (QED) is 0.246. The second-order valence-corrected chi connectivity index (χ2v) is 7.84. The number of allylic oxidation sites excluding steroid dienone is 1. The molecule has 0 radical (unpaired) electrons. The number of hydrogen-bond acceptors (Lipinski definition) is 8. The molecule has 8 heteroatoms. The Balaban J connectivity index is 1.89. The smallest absolute Gasteiger partial charge is 0.338 e. The summed E-state index contributed by atoms with van der Waals surface area (Å²) in [7, 11) is 5.91. The van der Waals surface area contributed by atoms with E-state index in [0.29, 0.717) is 39.9 Å². The van der Waals surface area contributed by atoms with Gasteiger partial charge in [-0.2, -0.15) is 0 Å². The first-order chi connectivity index (χ1) is 17.5. The van der Waals surface area contributed by atoms with Crippen LogP contribution in [0.1, 0.15) is 21.5 Å². The van der Waals surface area contributed by atoms with Gasteiger partial charge in [0.15, 0.2) is 28.8 Å². The molecule has 0 N–H and O–H groups in total. The first-order valence-corrected chi connectivity index (χ1v) is 11.1. The zero-order chi connectivity index (χ0) is 25.7. The molecule has 36 heavy (non-hydrogen) atoms. The van der Waals surface area contributed by atoms with Crippen LogP contribution in [-0.2, 0) is 16.0 Å². The van der Waals surface area contributed by atoms with E-state index in [1.807, 2.05) is 6.07 Å². The van der Waals surface area contributed by atoms with E-state index in [-0.39, 0.29) is 30.1 Å². The van der Waals surface area contributed by atoms with Gasteiger partial charge in [-0.3, -0.25) is 4.79 Å². The van der Waals surface area contributed by atoms with Gasteiger partial charge in [0.25, 0.3) is 0 Å². The summed E-state index contributed by atoms with van der Waals surface area (Å²) >= 11 is 0. The third-order valence-electron chi connectivity index (χ3n) is 5.81. The van der Waals surface area contributed by atoms with E-state index in [2.05, 4.69) is 0 Å². The molecule has 0 fully saturated rings. The molecule has 1 aliphatic heterocycles. The topological polar surface area (TPSA) is 89.5 Å². The molecule has 0 aliphatic carbocycles. The summed E-state index contributed by atoms with van der Waals surface area (Å²) in [6, 6.07) is 17.1. The molecule has 0 bridgehead atoms. The van der Waals surface area contributed by atoms with Gasteiger partial charge < -0.3 is 28.4 Å². The van der Waals surface area contributed by atoms with E-state index in [1.54, 1.807) is 68.8 Å². The van der Waals surface area contributed by atoms with E-state index in [9.17, 15) is 9.59 Å². The lowest BCUT2D eigenvalue weighted by molar-refractivity contribution is -0.133. The molecule has 0 aromatic heterocycles. The molecule has 0 saturated carbocycles. The number of benzene rings is 3.